The molecule has 1 aromatic heterocycles. The first-order valence-electron chi connectivity index (χ1n) is 8.81. The number of carbonyl (C=O) groups is 1. The van der Waals surface area contributed by atoms with E-state index >= 15 is 0 Å². The van der Waals surface area contributed by atoms with Crippen LogP contribution in [0, 0.1) is 18.6 Å². The number of likely N-dealkylation sites (N-methyl/N-ethyl adjacent to an activating group) is 1. The van der Waals surface area contributed by atoms with Crippen molar-refractivity contribution >= 4 is 35.5 Å². The van der Waals surface area contributed by atoms with E-state index in [1.54, 1.807) is 21.0 Å². The third-order valence-corrected chi connectivity index (χ3v) is 4.22. The summed E-state index contributed by atoms with van der Waals surface area (Å²) in [5.41, 5.74) is 6.10. The number of nitrogens with two attached hydrogens (primary N) is 1. The van der Waals surface area contributed by atoms with E-state index in [-0.39, 0.29) is 41.3 Å². The van der Waals surface area contributed by atoms with Gasteiger partial charge in [0.05, 0.1) is 11.9 Å². The van der Waals surface area contributed by atoms with Crippen LogP contribution in [-0.4, -0.2) is 47.6 Å². The predicted molar refractivity (Wildman–Crippen MR) is 113 cm³/mol. The Balaban J connectivity index is 2.10. The Hall–Kier alpha value is -3.27. The third-order valence-electron chi connectivity index (χ3n) is 3.95. The zero-order valence-corrected chi connectivity index (χ0v) is 17.5. The summed E-state index contributed by atoms with van der Waals surface area (Å²) in [6, 6.07) is 2.56. The van der Waals surface area contributed by atoms with Crippen molar-refractivity contribution in [2.24, 2.45) is 10.7 Å². The zero-order valence-electron chi connectivity index (χ0n) is 16.7. The van der Waals surface area contributed by atoms with Gasteiger partial charge in [-0.2, -0.15) is 4.98 Å². The van der Waals surface area contributed by atoms with Gasteiger partial charge in [-0.15, -0.1) is 0 Å². The molecule has 0 saturated carbocycles. The first kappa shape index (κ1) is 23.0. The summed E-state index contributed by atoms with van der Waals surface area (Å²) in [7, 11) is 3.25. The number of nitrogens with zero attached hydrogens (tertiary/aromatic N) is 4. The lowest BCUT2D eigenvalue weighted by molar-refractivity contribution is -0.127. The molecule has 1 heterocycles. The number of aliphatic imine (C=N–C) groups is 1. The molecule has 2 rings (SSSR count). The molecule has 0 aliphatic heterocycles. The van der Waals surface area contributed by atoms with Crippen LogP contribution in [0.15, 0.2) is 35.2 Å². The molecular weight excluding hydrogens is 416 g/mol. The molecule has 11 heteroatoms. The maximum absolute atomic E-state index is 14.2. The van der Waals surface area contributed by atoms with Gasteiger partial charge in [-0.3, -0.25) is 9.79 Å². The summed E-state index contributed by atoms with van der Waals surface area (Å²) < 4.78 is 28.1. The standard InChI is InChI=1S/C19H22ClF2N7O/c1-11-4-5-15(21)13(17(11)22)8-25-18-14(20)9-26-19(28-18)27-12(6-23)7-24-10-16(30)29(2)3/h4-7,9H,8,10,23H2,1-3H3,(H2,25,26,27,28). The highest BCUT2D eigenvalue weighted by Crippen LogP contribution is 2.22. The zero-order chi connectivity index (χ0) is 22.3. The number of amides is 1. The Labute approximate surface area is 177 Å². The number of allylic oxidation sites excluding steroid dienone is 1. The van der Waals surface area contributed by atoms with E-state index in [4.69, 9.17) is 17.3 Å². The molecule has 0 spiro atoms. The fraction of sp³-hybridized carbons (Fsp3) is 0.263. The second-order valence-electron chi connectivity index (χ2n) is 6.41. The summed E-state index contributed by atoms with van der Waals surface area (Å²) in [4.78, 5) is 25.2. The SMILES string of the molecule is Cc1ccc(F)c(CNc2nc(NC(C=NCC(=O)N(C)C)=CN)ncc2Cl)c1F. The van der Waals surface area contributed by atoms with Gasteiger partial charge in [0.2, 0.25) is 11.9 Å². The lowest BCUT2D eigenvalue weighted by Gasteiger charge is -2.12. The summed E-state index contributed by atoms with van der Waals surface area (Å²) >= 11 is 6.08. The van der Waals surface area contributed by atoms with Crippen molar-refractivity contribution in [3.8, 4) is 0 Å². The highest BCUT2D eigenvalue weighted by molar-refractivity contribution is 6.32. The van der Waals surface area contributed by atoms with E-state index in [9.17, 15) is 13.6 Å². The molecule has 0 atom stereocenters. The molecule has 2 aromatic rings. The van der Waals surface area contributed by atoms with E-state index in [0.29, 0.717) is 11.3 Å². The average molecular weight is 438 g/mol. The summed E-state index contributed by atoms with van der Waals surface area (Å²) in [6.07, 6.45) is 3.92. The van der Waals surface area contributed by atoms with Crippen LogP contribution >= 0.6 is 11.6 Å². The van der Waals surface area contributed by atoms with Gasteiger partial charge in [0, 0.05) is 38.6 Å². The van der Waals surface area contributed by atoms with Crippen LogP contribution in [-0.2, 0) is 11.3 Å². The lowest BCUT2D eigenvalue weighted by atomic mass is 10.1. The molecule has 1 aromatic carbocycles. The quantitative estimate of drug-likeness (QED) is 0.548. The Bertz CT molecular complexity index is 980. The van der Waals surface area contributed by atoms with Crippen LogP contribution in [0.4, 0.5) is 20.5 Å². The topological polar surface area (TPSA) is 109 Å². The maximum atomic E-state index is 14.2. The fourth-order valence-electron chi connectivity index (χ4n) is 2.21. The number of aromatic nitrogens is 2. The van der Waals surface area contributed by atoms with Crippen LogP contribution in [0.2, 0.25) is 5.02 Å². The number of anilines is 2. The Morgan fingerprint density at radius 1 is 1.37 bits per heavy atom. The number of aryl methyl sites for hydroxylation is 1. The largest absolute Gasteiger partial charge is 0.403 e. The average Bonchev–Trinajstić information content (AvgIpc) is 2.71. The van der Waals surface area contributed by atoms with E-state index < -0.39 is 11.6 Å². The van der Waals surface area contributed by atoms with Gasteiger partial charge in [0.15, 0.2) is 5.82 Å². The molecule has 0 aliphatic rings. The van der Waals surface area contributed by atoms with Gasteiger partial charge in [-0.05, 0) is 18.6 Å². The Morgan fingerprint density at radius 2 is 2.10 bits per heavy atom. The number of rotatable bonds is 8. The van der Waals surface area contributed by atoms with Crippen LogP contribution in [0.1, 0.15) is 11.1 Å². The molecular formula is C19H22ClF2N7O. The number of hydrogen-bond donors (Lipinski definition) is 3. The van der Waals surface area contributed by atoms with E-state index in [1.165, 1.54) is 35.6 Å². The number of benzene rings is 1. The molecule has 30 heavy (non-hydrogen) atoms. The number of halogens is 3. The maximum Gasteiger partial charge on any atom is 0.243 e. The summed E-state index contributed by atoms with van der Waals surface area (Å²) in [6.45, 7) is 1.34. The molecule has 8 nitrogen and oxygen atoms in total. The van der Waals surface area contributed by atoms with Crippen LogP contribution in [0.25, 0.3) is 0 Å². The van der Waals surface area contributed by atoms with Crippen molar-refractivity contribution in [1.82, 2.24) is 14.9 Å². The minimum Gasteiger partial charge on any atom is -0.403 e. The Kier molecular flexibility index (Phi) is 8.05. The summed E-state index contributed by atoms with van der Waals surface area (Å²) in [5, 5.41) is 5.79. The molecule has 0 saturated heterocycles. The van der Waals surface area contributed by atoms with Crippen molar-refractivity contribution in [3.05, 3.63) is 58.0 Å². The highest BCUT2D eigenvalue weighted by atomic mass is 35.5. The fourth-order valence-corrected chi connectivity index (χ4v) is 2.37. The number of carbonyl (C=O) groups excluding carboxylic acids is 1. The van der Waals surface area contributed by atoms with Crippen LogP contribution in [0.3, 0.4) is 0 Å². The van der Waals surface area contributed by atoms with E-state index in [2.05, 4.69) is 25.6 Å². The van der Waals surface area contributed by atoms with Gasteiger partial charge in [0.25, 0.3) is 0 Å². The second-order valence-corrected chi connectivity index (χ2v) is 6.81. The third kappa shape index (κ3) is 6.11. The second kappa shape index (κ2) is 10.5. The predicted octanol–water partition coefficient (Wildman–Crippen LogP) is 2.70. The van der Waals surface area contributed by atoms with Gasteiger partial charge in [-0.1, -0.05) is 17.7 Å². The van der Waals surface area contributed by atoms with Crippen molar-refractivity contribution < 1.29 is 13.6 Å². The van der Waals surface area contributed by atoms with Crippen molar-refractivity contribution in [1.29, 1.82) is 0 Å². The molecule has 0 bridgehead atoms. The monoisotopic (exact) mass is 437 g/mol. The Morgan fingerprint density at radius 3 is 2.77 bits per heavy atom. The summed E-state index contributed by atoms with van der Waals surface area (Å²) in [5.74, 6) is -1.19. The smallest absolute Gasteiger partial charge is 0.243 e. The molecule has 160 valence electrons. The first-order valence-corrected chi connectivity index (χ1v) is 9.19. The van der Waals surface area contributed by atoms with E-state index in [1.807, 2.05) is 0 Å². The normalized spacial score (nSPS) is 11.6. The minimum atomic E-state index is -0.675. The van der Waals surface area contributed by atoms with Gasteiger partial charge in [-0.25, -0.2) is 13.8 Å². The van der Waals surface area contributed by atoms with E-state index in [0.717, 1.165) is 0 Å². The molecule has 0 aliphatic carbocycles. The van der Waals surface area contributed by atoms with Gasteiger partial charge < -0.3 is 21.3 Å². The molecule has 0 fully saturated rings. The minimum absolute atomic E-state index is 0.0477. The number of nitrogens with one attached hydrogen (secondary N) is 2. The highest BCUT2D eigenvalue weighted by Gasteiger charge is 2.13. The van der Waals surface area contributed by atoms with Crippen LogP contribution in [0.5, 0.6) is 0 Å². The number of hydrogen-bond acceptors (Lipinski definition) is 7. The first-order chi connectivity index (χ1) is 14.2. The van der Waals surface area contributed by atoms with Gasteiger partial charge in [0.1, 0.15) is 23.2 Å². The molecule has 1 amide bonds. The van der Waals surface area contributed by atoms with Crippen molar-refractivity contribution in [3.63, 3.8) is 0 Å². The lowest BCUT2D eigenvalue weighted by Crippen LogP contribution is -2.24. The van der Waals surface area contributed by atoms with Gasteiger partial charge >= 0.3 is 0 Å². The molecule has 0 unspecified atom stereocenters. The van der Waals surface area contributed by atoms with Crippen LogP contribution < -0.4 is 16.4 Å². The molecule has 0 radical (unpaired) electrons. The van der Waals surface area contributed by atoms with Crippen molar-refractivity contribution in [2.45, 2.75) is 13.5 Å². The molecule has 4 N–H and O–H groups in total. The van der Waals surface area contributed by atoms with Crippen molar-refractivity contribution in [2.75, 3.05) is 31.3 Å².